The van der Waals surface area contributed by atoms with E-state index < -0.39 is 0 Å². The number of carbonyl (C=O) groups excluding carboxylic acids is 1. The molecule has 0 radical (unpaired) electrons. The number of para-hydroxylation sites is 2. The summed E-state index contributed by atoms with van der Waals surface area (Å²) in [5, 5.41) is 2.88. The van der Waals surface area contributed by atoms with Crippen LogP contribution in [0.25, 0.3) is 0 Å². The lowest BCUT2D eigenvalue weighted by Gasteiger charge is -2.34. The van der Waals surface area contributed by atoms with Crippen LogP contribution in [0.2, 0.25) is 0 Å². The van der Waals surface area contributed by atoms with E-state index in [9.17, 15) is 4.79 Å². The van der Waals surface area contributed by atoms with Crippen LogP contribution in [0.3, 0.4) is 0 Å². The van der Waals surface area contributed by atoms with Crippen molar-refractivity contribution in [3.05, 3.63) is 24.3 Å². The monoisotopic (exact) mass is 263 g/mol. The normalized spacial score (nSPS) is 23.0. The van der Waals surface area contributed by atoms with Gasteiger partial charge in [-0.15, -0.1) is 0 Å². The van der Waals surface area contributed by atoms with Crippen molar-refractivity contribution >= 4 is 11.7 Å². The molecule has 1 aliphatic rings. The zero-order chi connectivity index (χ0) is 13.8. The molecule has 2 rings (SSSR count). The Morgan fingerprint density at radius 1 is 1.42 bits per heavy atom. The van der Waals surface area contributed by atoms with Gasteiger partial charge in [-0.1, -0.05) is 19.1 Å². The number of nitrogens with zero attached hydrogens (tertiary/aromatic N) is 1. The molecule has 2 atom stereocenters. The van der Waals surface area contributed by atoms with E-state index in [0.717, 1.165) is 13.0 Å². The van der Waals surface area contributed by atoms with Gasteiger partial charge in [0.15, 0.2) is 0 Å². The molecule has 0 bridgehead atoms. The summed E-state index contributed by atoms with van der Waals surface area (Å²) in [5.74, 6) is 1.09. The number of likely N-dealkylation sites (tertiary alicyclic amines) is 1. The van der Waals surface area contributed by atoms with Crippen LogP contribution in [-0.4, -0.2) is 37.2 Å². The molecule has 1 aliphatic heterocycles. The van der Waals surface area contributed by atoms with Gasteiger partial charge in [0.2, 0.25) is 0 Å². The predicted octanol–water partition coefficient (Wildman–Crippen LogP) is 1.90. The second kappa shape index (κ2) is 5.93. The van der Waals surface area contributed by atoms with Crippen molar-refractivity contribution in [2.75, 3.05) is 25.5 Å². The molecule has 1 saturated heterocycles. The quantitative estimate of drug-likeness (QED) is 0.856. The molecule has 1 aromatic rings. The van der Waals surface area contributed by atoms with Crippen molar-refractivity contribution in [1.82, 2.24) is 4.90 Å². The number of anilines is 1. The lowest BCUT2D eigenvalue weighted by Crippen LogP contribution is -2.50. The van der Waals surface area contributed by atoms with Crippen molar-refractivity contribution in [2.45, 2.75) is 19.4 Å². The van der Waals surface area contributed by atoms with Gasteiger partial charge in [0.1, 0.15) is 5.75 Å². The maximum Gasteiger partial charge on any atom is 0.322 e. The number of rotatable bonds is 2. The summed E-state index contributed by atoms with van der Waals surface area (Å²) in [5.41, 5.74) is 6.64. The highest BCUT2D eigenvalue weighted by Crippen LogP contribution is 2.24. The molecule has 5 heteroatoms. The summed E-state index contributed by atoms with van der Waals surface area (Å²) in [7, 11) is 1.59. The number of hydrogen-bond acceptors (Lipinski definition) is 3. The van der Waals surface area contributed by atoms with E-state index in [0.29, 0.717) is 23.9 Å². The van der Waals surface area contributed by atoms with E-state index in [1.165, 1.54) is 0 Å². The van der Waals surface area contributed by atoms with Crippen LogP contribution in [0.15, 0.2) is 24.3 Å². The van der Waals surface area contributed by atoms with Crippen molar-refractivity contribution in [3.63, 3.8) is 0 Å². The van der Waals surface area contributed by atoms with E-state index in [2.05, 4.69) is 12.2 Å². The summed E-state index contributed by atoms with van der Waals surface area (Å²) in [6, 6.07) is 7.32. The van der Waals surface area contributed by atoms with Gasteiger partial charge in [-0.3, -0.25) is 0 Å². The van der Waals surface area contributed by atoms with Crippen molar-refractivity contribution in [3.8, 4) is 5.75 Å². The number of benzene rings is 1. The van der Waals surface area contributed by atoms with E-state index in [1.54, 1.807) is 12.0 Å². The smallest absolute Gasteiger partial charge is 0.322 e. The van der Waals surface area contributed by atoms with E-state index in [4.69, 9.17) is 10.5 Å². The summed E-state index contributed by atoms with van der Waals surface area (Å²) in [6.07, 6.45) is 0.971. The maximum absolute atomic E-state index is 12.2. The van der Waals surface area contributed by atoms with Gasteiger partial charge in [0.05, 0.1) is 12.8 Å². The SMILES string of the molecule is COc1ccccc1NC(=O)N1CC(C)CC(N)C1. The first kappa shape index (κ1) is 13.7. The number of nitrogens with one attached hydrogen (secondary N) is 1. The molecule has 1 fully saturated rings. The minimum absolute atomic E-state index is 0.0622. The van der Waals surface area contributed by atoms with Crippen LogP contribution in [-0.2, 0) is 0 Å². The Morgan fingerprint density at radius 3 is 2.84 bits per heavy atom. The number of ether oxygens (including phenoxy) is 1. The fourth-order valence-corrected chi connectivity index (χ4v) is 2.51. The zero-order valence-corrected chi connectivity index (χ0v) is 11.4. The molecule has 0 aromatic heterocycles. The Hall–Kier alpha value is -1.75. The third kappa shape index (κ3) is 3.38. The summed E-state index contributed by atoms with van der Waals surface area (Å²) < 4.78 is 5.22. The van der Waals surface area contributed by atoms with Gasteiger partial charge in [-0.25, -0.2) is 4.79 Å². The molecule has 0 spiro atoms. The highest BCUT2D eigenvalue weighted by Gasteiger charge is 2.26. The molecule has 0 aliphatic carbocycles. The number of methoxy groups -OCH3 is 1. The molecule has 2 amide bonds. The highest BCUT2D eigenvalue weighted by molar-refractivity contribution is 5.91. The number of amides is 2. The largest absolute Gasteiger partial charge is 0.495 e. The molecule has 1 aromatic carbocycles. The van der Waals surface area contributed by atoms with E-state index in [1.807, 2.05) is 24.3 Å². The van der Waals surface area contributed by atoms with Crippen LogP contribution < -0.4 is 15.8 Å². The average Bonchev–Trinajstić information content (AvgIpc) is 2.38. The predicted molar refractivity (Wildman–Crippen MR) is 75.3 cm³/mol. The molecule has 104 valence electrons. The summed E-state index contributed by atoms with van der Waals surface area (Å²) in [4.78, 5) is 14.0. The third-order valence-corrected chi connectivity index (χ3v) is 3.33. The van der Waals surface area contributed by atoms with Gasteiger partial charge >= 0.3 is 6.03 Å². The van der Waals surface area contributed by atoms with Crippen molar-refractivity contribution < 1.29 is 9.53 Å². The van der Waals surface area contributed by atoms with Gasteiger partial charge in [-0.05, 0) is 24.5 Å². The lowest BCUT2D eigenvalue weighted by atomic mass is 9.97. The van der Waals surface area contributed by atoms with Crippen molar-refractivity contribution in [2.24, 2.45) is 11.7 Å². The minimum Gasteiger partial charge on any atom is -0.495 e. The van der Waals surface area contributed by atoms with Gasteiger partial charge in [0.25, 0.3) is 0 Å². The van der Waals surface area contributed by atoms with Crippen LogP contribution in [0.5, 0.6) is 5.75 Å². The first-order valence-corrected chi connectivity index (χ1v) is 6.54. The van der Waals surface area contributed by atoms with Gasteiger partial charge < -0.3 is 20.7 Å². The van der Waals surface area contributed by atoms with Crippen LogP contribution in [0.4, 0.5) is 10.5 Å². The van der Waals surface area contributed by atoms with E-state index >= 15 is 0 Å². The first-order chi connectivity index (χ1) is 9.10. The Balaban J connectivity index is 2.04. The Kier molecular flexibility index (Phi) is 4.27. The fraction of sp³-hybridized carbons (Fsp3) is 0.500. The zero-order valence-electron chi connectivity index (χ0n) is 11.4. The van der Waals surface area contributed by atoms with Crippen LogP contribution in [0, 0.1) is 5.92 Å². The lowest BCUT2D eigenvalue weighted by molar-refractivity contribution is 0.172. The number of carbonyl (C=O) groups is 1. The molecule has 19 heavy (non-hydrogen) atoms. The van der Waals surface area contributed by atoms with Crippen LogP contribution in [0.1, 0.15) is 13.3 Å². The Morgan fingerprint density at radius 2 is 2.16 bits per heavy atom. The molecule has 3 N–H and O–H groups in total. The molecular weight excluding hydrogens is 242 g/mol. The topological polar surface area (TPSA) is 67.6 Å². The Bertz CT molecular complexity index is 440. The fourth-order valence-electron chi connectivity index (χ4n) is 2.51. The van der Waals surface area contributed by atoms with Gasteiger partial charge in [-0.2, -0.15) is 0 Å². The summed E-state index contributed by atoms with van der Waals surface area (Å²) in [6.45, 7) is 3.46. The van der Waals surface area contributed by atoms with Crippen molar-refractivity contribution in [1.29, 1.82) is 0 Å². The molecule has 1 heterocycles. The second-order valence-electron chi connectivity index (χ2n) is 5.14. The number of piperidine rings is 1. The number of nitrogens with two attached hydrogens (primary N) is 1. The molecular formula is C14H21N3O2. The third-order valence-electron chi connectivity index (χ3n) is 3.33. The number of hydrogen-bond donors (Lipinski definition) is 2. The first-order valence-electron chi connectivity index (χ1n) is 6.54. The number of urea groups is 1. The second-order valence-corrected chi connectivity index (χ2v) is 5.14. The van der Waals surface area contributed by atoms with Gasteiger partial charge in [0, 0.05) is 19.1 Å². The minimum atomic E-state index is -0.119. The summed E-state index contributed by atoms with van der Waals surface area (Å²) >= 11 is 0. The van der Waals surface area contributed by atoms with E-state index in [-0.39, 0.29) is 12.1 Å². The Labute approximate surface area is 113 Å². The van der Waals surface area contributed by atoms with Crippen LogP contribution >= 0.6 is 0 Å². The molecule has 2 unspecified atom stereocenters. The highest BCUT2D eigenvalue weighted by atomic mass is 16.5. The molecule has 5 nitrogen and oxygen atoms in total. The maximum atomic E-state index is 12.2. The molecule has 0 saturated carbocycles. The average molecular weight is 263 g/mol. The standard InChI is InChI=1S/C14H21N3O2/c1-10-7-11(15)9-17(8-10)14(18)16-12-5-3-4-6-13(12)19-2/h3-6,10-11H,7-9,15H2,1-2H3,(H,16,18).